The first-order chi connectivity index (χ1) is 12.0. The van der Waals surface area contributed by atoms with Crippen LogP contribution in [0, 0.1) is 0 Å². The van der Waals surface area contributed by atoms with Crippen molar-refractivity contribution in [2.45, 2.75) is 39.3 Å². The molecule has 0 saturated heterocycles. The van der Waals surface area contributed by atoms with Crippen LogP contribution in [0.5, 0.6) is 0 Å². The predicted molar refractivity (Wildman–Crippen MR) is 103 cm³/mol. The summed E-state index contributed by atoms with van der Waals surface area (Å²) in [5.74, 6) is 1.27. The maximum Gasteiger partial charge on any atom is 0.245 e. The minimum Gasteiger partial charge on any atom is -0.338 e. The van der Waals surface area contributed by atoms with Gasteiger partial charge in [0.05, 0.1) is 17.1 Å². The Morgan fingerprint density at radius 1 is 1.32 bits per heavy atom. The van der Waals surface area contributed by atoms with Crippen LogP contribution in [0.15, 0.2) is 35.3 Å². The second kappa shape index (κ2) is 7.49. The molecule has 3 heterocycles. The molecule has 132 valence electrons. The Morgan fingerprint density at radius 2 is 2.12 bits per heavy atom. The summed E-state index contributed by atoms with van der Waals surface area (Å²) >= 11 is 3.30. The summed E-state index contributed by atoms with van der Waals surface area (Å²) in [5, 5.41) is 5.08. The molecule has 0 aliphatic carbocycles. The Morgan fingerprint density at radius 3 is 2.80 bits per heavy atom. The van der Waals surface area contributed by atoms with Crippen molar-refractivity contribution in [3.05, 3.63) is 46.8 Å². The Hall–Kier alpha value is -1.99. The van der Waals surface area contributed by atoms with Crippen LogP contribution in [-0.4, -0.2) is 32.4 Å². The normalized spacial score (nSPS) is 12.5. The highest BCUT2D eigenvalue weighted by Crippen LogP contribution is 2.28. The summed E-state index contributed by atoms with van der Waals surface area (Å²) in [6.45, 7) is 6.60. The molecule has 0 aliphatic rings. The van der Waals surface area contributed by atoms with E-state index in [9.17, 15) is 4.79 Å². The molecule has 0 fully saturated rings. The molecule has 3 aromatic rings. The van der Waals surface area contributed by atoms with Crippen LogP contribution in [0.1, 0.15) is 44.2 Å². The molecule has 0 aromatic carbocycles. The zero-order chi connectivity index (χ0) is 18.0. The second-order valence-electron chi connectivity index (χ2n) is 6.34. The van der Waals surface area contributed by atoms with Crippen molar-refractivity contribution in [1.82, 2.24) is 19.4 Å². The maximum atomic E-state index is 12.8. The molecule has 0 bridgehead atoms. The van der Waals surface area contributed by atoms with Gasteiger partial charge in [-0.3, -0.25) is 4.79 Å². The Bertz CT molecular complexity index is 835. The van der Waals surface area contributed by atoms with E-state index in [0.29, 0.717) is 6.54 Å². The number of likely N-dealkylation sites (N-methyl/N-ethyl adjacent to an activating group) is 1. The highest BCUT2D eigenvalue weighted by molar-refractivity contribution is 7.20. The lowest BCUT2D eigenvalue weighted by molar-refractivity contribution is -0.133. The average molecular weight is 375 g/mol. The third-order valence-electron chi connectivity index (χ3n) is 4.05. The number of hydrogen-bond acceptors (Lipinski definition) is 5. The van der Waals surface area contributed by atoms with Crippen LogP contribution in [-0.2, 0) is 11.3 Å². The lowest BCUT2D eigenvalue weighted by Crippen LogP contribution is -2.33. The number of hydrogen-bond donors (Lipinski definition) is 0. The van der Waals surface area contributed by atoms with E-state index in [2.05, 4.69) is 29.9 Å². The summed E-state index contributed by atoms with van der Waals surface area (Å²) in [6, 6.07) is 3.81. The van der Waals surface area contributed by atoms with Crippen molar-refractivity contribution in [2.75, 3.05) is 7.05 Å². The van der Waals surface area contributed by atoms with E-state index in [-0.39, 0.29) is 17.9 Å². The van der Waals surface area contributed by atoms with Crippen LogP contribution >= 0.6 is 22.7 Å². The van der Waals surface area contributed by atoms with E-state index in [0.717, 1.165) is 16.5 Å². The van der Waals surface area contributed by atoms with Crippen LogP contribution in [0.25, 0.3) is 9.88 Å². The van der Waals surface area contributed by atoms with E-state index >= 15 is 0 Å². The van der Waals surface area contributed by atoms with Gasteiger partial charge in [0.25, 0.3) is 0 Å². The van der Waals surface area contributed by atoms with Crippen molar-refractivity contribution in [3.63, 3.8) is 0 Å². The topological polar surface area (TPSA) is 51.0 Å². The van der Waals surface area contributed by atoms with Crippen LogP contribution in [0.3, 0.4) is 0 Å². The number of thiazole rings is 1. The highest BCUT2D eigenvalue weighted by atomic mass is 32.1. The number of thiophene rings is 1. The fourth-order valence-corrected chi connectivity index (χ4v) is 4.38. The first kappa shape index (κ1) is 17.8. The number of aromatic nitrogens is 3. The lowest BCUT2D eigenvalue weighted by atomic mass is 10.2. The standard InChI is InChI=1S/C18H22N4OS2/c1-12(2)16-19-7-8-22(16)13(3)18(23)21(4)10-14-11-25-17(20-14)15-6-5-9-24-15/h5-9,11-13H,10H2,1-4H3. The second-order valence-corrected chi connectivity index (χ2v) is 8.14. The molecule has 0 spiro atoms. The van der Waals surface area contributed by atoms with E-state index < -0.39 is 0 Å². The van der Waals surface area contributed by atoms with Gasteiger partial charge in [-0.15, -0.1) is 22.7 Å². The molecule has 0 saturated carbocycles. The largest absolute Gasteiger partial charge is 0.338 e. The fourth-order valence-electron chi connectivity index (χ4n) is 2.75. The zero-order valence-corrected chi connectivity index (χ0v) is 16.5. The Labute approximate surface area is 156 Å². The molecule has 0 radical (unpaired) electrons. The molecular formula is C18H22N4OS2. The third kappa shape index (κ3) is 3.82. The van der Waals surface area contributed by atoms with Crippen molar-refractivity contribution in [2.24, 2.45) is 0 Å². The molecule has 1 unspecified atom stereocenters. The van der Waals surface area contributed by atoms with Gasteiger partial charge >= 0.3 is 0 Å². The third-order valence-corrected chi connectivity index (χ3v) is 5.98. The molecule has 0 aliphatic heterocycles. The van der Waals surface area contributed by atoms with Crippen LogP contribution in [0.4, 0.5) is 0 Å². The maximum absolute atomic E-state index is 12.8. The summed E-state index contributed by atoms with van der Waals surface area (Å²) in [7, 11) is 1.83. The molecule has 1 amide bonds. The number of amides is 1. The zero-order valence-electron chi connectivity index (χ0n) is 14.8. The molecule has 7 heteroatoms. The molecule has 5 nitrogen and oxygen atoms in total. The van der Waals surface area contributed by atoms with Gasteiger partial charge in [-0.1, -0.05) is 19.9 Å². The van der Waals surface area contributed by atoms with Crippen molar-refractivity contribution in [1.29, 1.82) is 0 Å². The summed E-state index contributed by atoms with van der Waals surface area (Å²) in [6.07, 6.45) is 3.64. The molecule has 3 aromatic heterocycles. The predicted octanol–water partition coefficient (Wildman–Crippen LogP) is 4.41. The number of imidazole rings is 1. The van der Waals surface area contributed by atoms with Gasteiger partial charge in [-0.25, -0.2) is 9.97 Å². The first-order valence-electron chi connectivity index (χ1n) is 8.23. The first-order valence-corrected chi connectivity index (χ1v) is 9.99. The van der Waals surface area contributed by atoms with E-state index in [1.165, 1.54) is 4.88 Å². The highest BCUT2D eigenvalue weighted by Gasteiger charge is 2.23. The van der Waals surface area contributed by atoms with E-state index in [4.69, 9.17) is 0 Å². The molecule has 25 heavy (non-hydrogen) atoms. The van der Waals surface area contributed by atoms with Crippen LogP contribution < -0.4 is 0 Å². The smallest absolute Gasteiger partial charge is 0.245 e. The summed E-state index contributed by atoms with van der Waals surface area (Å²) < 4.78 is 1.96. The molecule has 3 rings (SSSR count). The minimum absolute atomic E-state index is 0.0607. The van der Waals surface area contributed by atoms with Crippen molar-refractivity contribution >= 4 is 28.6 Å². The van der Waals surface area contributed by atoms with E-state index in [1.807, 2.05) is 41.6 Å². The molecule has 0 N–H and O–H groups in total. The van der Waals surface area contributed by atoms with Gasteiger partial charge in [-0.05, 0) is 18.4 Å². The van der Waals surface area contributed by atoms with Gasteiger partial charge in [-0.2, -0.15) is 0 Å². The molecule has 1 atom stereocenters. The van der Waals surface area contributed by atoms with Gasteiger partial charge in [0.1, 0.15) is 16.9 Å². The minimum atomic E-state index is -0.277. The Kier molecular flexibility index (Phi) is 5.34. The molecular weight excluding hydrogens is 352 g/mol. The monoisotopic (exact) mass is 374 g/mol. The van der Waals surface area contributed by atoms with Gasteiger partial charge in [0.15, 0.2) is 0 Å². The summed E-state index contributed by atoms with van der Waals surface area (Å²) in [4.78, 5) is 24.8. The lowest BCUT2D eigenvalue weighted by Gasteiger charge is -2.23. The Balaban J connectivity index is 1.69. The number of nitrogens with zero attached hydrogens (tertiary/aromatic N) is 4. The van der Waals surface area contributed by atoms with Crippen molar-refractivity contribution < 1.29 is 4.79 Å². The van der Waals surface area contributed by atoms with Crippen LogP contribution in [0.2, 0.25) is 0 Å². The van der Waals surface area contributed by atoms with Crippen molar-refractivity contribution in [3.8, 4) is 9.88 Å². The van der Waals surface area contributed by atoms with E-state index in [1.54, 1.807) is 33.8 Å². The average Bonchev–Trinajstić information content (AvgIpc) is 3.32. The SMILES string of the molecule is CC(C)c1nccn1C(C)C(=O)N(C)Cc1csc(-c2cccs2)n1. The number of rotatable bonds is 6. The van der Waals surface area contributed by atoms with Gasteiger partial charge < -0.3 is 9.47 Å². The van der Waals surface area contributed by atoms with Gasteiger partial charge in [0.2, 0.25) is 5.91 Å². The van der Waals surface area contributed by atoms with Gasteiger partial charge in [0, 0.05) is 30.7 Å². The number of carbonyl (C=O) groups excluding carboxylic acids is 1. The quantitative estimate of drug-likeness (QED) is 0.642. The fraction of sp³-hybridized carbons (Fsp3) is 0.389. The number of carbonyl (C=O) groups is 1. The summed E-state index contributed by atoms with van der Waals surface area (Å²) in [5.41, 5.74) is 0.922.